The highest BCUT2D eigenvalue weighted by molar-refractivity contribution is 6.71. The predicted octanol–water partition coefficient (Wildman–Crippen LogP) is 2.13. The summed E-state index contributed by atoms with van der Waals surface area (Å²) in [7, 11) is -2.46. The van der Waals surface area contributed by atoms with Gasteiger partial charge >= 0.3 is 0 Å². The number of nitrogens with one attached hydrogen (secondary N) is 1. The van der Waals surface area contributed by atoms with Crippen LogP contribution in [0.5, 0.6) is 0 Å². The average Bonchev–Trinajstić information content (AvgIpc) is 3.34. The van der Waals surface area contributed by atoms with Crippen molar-refractivity contribution in [1.82, 2.24) is 15.0 Å². The summed E-state index contributed by atoms with van der Waals surface area (Å²) < 4.78 is 8.29. The third-order valence-corrected chi connectivity index (χ3v) is 9.14. The van der Waals surface area contributed by atoms with Crippen molar-refractivity contribution in [2.75, 3.05) is 11.9 Å². The Labute approximate surface area is 202 Å². The Morgan fingerprint density at radius 1 is 1.26 bits per heavy atom. The van der Waals surface area contributed by atoms with E-state index in [1.807, 2.05) is 37.5 Å². The van der Waals surface area contributed by atoms with E-state index in [-0.39, 0.29) is 30.3 Å². The maximum atomic E-state index is 11.8. The number of aliphatic hydroxyl groups is 2. The lowest BCUT2D eigenvalue weighted by molar-refractivity contribution is -0.123. The molecule has 0 radical (unpaired) electrons. The second-order valence-electron chi connectivity index (χ2n) is 9.89. The maximum Gasteiger partial charge on any atom is 0.252 e. The summed E-state index contributed by atoms with van der Waals surface area (Å²) in [5, 5.41) is 29.4. The van der Waals surface area contributed by atoms with Crippen LogP contribution in [0.25, 0.3) is 0 Å². The van der Waals surface area contributed by atoms with Crippen molar-refractivity contribution in [3.05, 3.63) is 41.7 Å². The first-order chi connectivity index (χ1) is 16.1. The lowest BCUT2D eigenvalue weighted by atomic mass is 9.95. The first-order valence-electron chi connectivity index (χ1n) is 12.0. The van der Waals surface area contributed by atoms with Gasteiger partial charge in [-0.05, 0) is 62.9 Å². The molecule has 9 nitrogen and oxygen atoms in total. The average molecular weight is 491 g/mol. The first-order valence-corrected chi connectivity index (χ1v) is 15.1. The molecule has 1 fully saturated rings. The number of benzene rings is 1. The molecule has 4 N–H and O–H groups in total. The van der Waals surface area contributed by atoms with Gasteiger partial charge in [0.2, 0.25) is 0 Å². The van der Waals surface area contributed by atoms with E-state index in [0.29, 0.717) is 18.7 Å². The maximum absolute atomic E-state index is 11.8. The normalized spacial score (nSPS) is 23.7. The first kappa shape index (κ1) is 26.5. The zero-order valence-corrected chi connectivity index (χ0v) is 21.5. The van der Waals surface area contributed by atoms with Gasteiger partial charge in [-0.25, -0.2) is 0 Å². The number of hydrogen-bond donors (Lipinski definition) is 4. The van der Waals surface area contributed by atoms with Gasteiger partial charge in [-0.2, -0.15) is 0 Å². The van der Waals surface area contributed by atoms with Crippen molar-refractivity contribution in [1.29, 1.82) is 0 Å². The summed E-state index contributed by atoms with van der Waals surface area (Å²) in [6.07, 6.45) is 3.61. The van der Waals surface area contributed by atoms with Crippen LogP contribution in [-0.2, 0) is 28.9 Å². The fourth-order valence-electron chi connectivity index (χ4n) is 4.98. The molecule has 3 rings (SSSR count). The number of aromatic nitrogens is 3. The molecular formula is C24H38N4O5Si. The Hall–Kier alpha value is -2.11. The fourth-order valence-corrected chi connectivity index (χ4v) is 7.63. The number of carbonyl (C=O) groups excluding carboxylic acids is 1. The van der Waals surface area contributed by atoms with Crippen LogP contribution in [0.4, 0.5) is 5.69 Å². The van der Waals surface area contributed by atoms with Crippen molar-refractivity contribution in [2.24, 2.45) is 5.92 Å². The standard InChI is InChI=1S/C24H38N4O5Si/c1-16-21(9-8-18-6-5-7-19(14-18)25-24(31)17(2)30)33-22(23(16)34(3,4)32)10-12-28-15-20(11-13-29)26-27-28/h5-7,14-17,21-23,29-30,32H,8-13H2,1-4H3,(H,25,31)/t16-,17+,21+,22-,23+/m1/s1. The van der Waals surface area contributed by atoms with Crippen LogP contribution in [0.15, 0.2) is 30.5 Å². The van der Waals surface area contributed by atoms with Crippen LogP contribution in [0, 0.1) is 5.92 Å². The molecule has 0 bridgehead atoms. The highest BCUT2D eigenvalue weighted by Gasteiger charge is 2.49. The van der Waals surface area contributed by atoms with Gasteiger partial charge in [0.25, 0.3) is 5.91 Å². The monoisotopic (exact) mass is 490 g/mol. The number of amides is 1. The topological polar surface area (TPSA) is 130 Å². The number of carbonyl (C=O) groups is 1. The van der Waals surface area contributed by atoms with Crippen LogP contribution < -0.4 is 5.32 Å². The van der Waals surface area contributed by atoms with E-state index in [0.717, 1.165) is 30.5 Å². The lowest BCUT2D eigenvalue weighted by Crippen LogP contribution is -2.40. The largest absolute Gasteiger partial charge is 0.432 e. The Balaban J connectivity index is 1.62. The third-order valence-electron chi connectivity index (χ3n) is 6.61. The van der Waals surface area contributed by atoms with Crippen LogP contribution in [0.3, 0.4) is 0 Å². The van der Waals surface area contributed by atoms with Gasteiger partial charge in [0.1, 0.15) is 6.10 Å². The van der Waals surface area contributed by atoms with Gasteiger partial charge in [0, 0.05) is 37.0 Å². The zero-order valence-electron chi connectivity index (χ0n) is 20.5. The second kappa shape index (κ2) is 11.5. The molecule has 1 aromatic heterocycles. The highest BCUT2D eigenvalue weighted by atomic mass is 28.4. The third kappa shape index (κ3) is 6.95. The summed E-state index contributed by atoms with van der Waals surface area (Å²) in [6, 6.07) is 7.64. The minimum absolute atomic E-state index is 0.0327. The quantitative estimate of drug-likeness (QED) is 0.355. The molecule has 1 aliphatic rings. The molecule has 2 heterocycles. The predicted molar refractivity (Wildman–Crippen MR) is 132 cm³/mol. The van der Waals surface area contributed by atoms with Crippen molar-refractivity contribution in [2.45, 2.75) is 83.0 Å². The van der Waals surface area contributed by atoms with E-state index >= 15 is 0 Å². The minimum Gasteiger partial charge on any atom is -0.432 e. The molecule has 1 aromatic carbocycles. The molecule has 0 saturated carbocycles. The van der Waals surface area contributed by atoms with Crippen LogP contribution in [0.1, 0.15) is 37.9 Å². The fraction of sp³-hybridized carbons (Fsp3) is 0.625. The van der Waals surface area contributed by atoms with Gasteiger partial charge in [-0.15, -0.1) is 5.10 Å². The number of hydrogen-bond acceptors (Lipinski definition) is 7. The van der Waals surface area contributed by atoms with Crippen molar-refractivity contribution in [3.8, 4) is 0 Å². The Morgan fingerprint density at radius 2 is 2.03 bits per heavy atom. The minimum atomic E-state index is -2.46. The summed E-state index contributed by atoms with van der Waals surface area (Å²) in [5.74, 6) is -0.197. The Bertz CT molecular complexity index is 945. The van der Waals surface area contributed by atoms with Crippen LogP contribution >= 0.6 is 0 Å². The van der Waals surface area contributed by atoms with Crippen molar-refractivity contribution < 1.29 is 24.5 Å². The molecule has 0 aliphatic carbocycles. The van der Waals surface area contributed by atoms with Crippen LogP contribution in [0.2, 0.25) is 18.6 Å². The molecule has 1 aliphatic heterocycles. The molecule has 0 spiro atoms. The molecule has 2 aromatic rings. The number of ether oxygens (including phenoxy) is 1. The van der Waals surface area contributed by atoms with Crippen LogP contribution in [-0.4, -0.2) is 69.1 Å². The van der Waals surface area contributed by atoms with Gasteiger partial charge in [0.15, 0.2) is 8.32 Å². The van der Waals surface area contributed by atoms with Gasteiger partial charge in [-0.1, -0.05) is 24.3 Å². The Morgan fingerprint density at radius 3 is 2.71 bits per heavy atom. The van der Waals surface area contributed by atoms with E-state index in [1.165, 1.54) is 6.92 Å². The molecule has 1 amide bonds. The van der Waals surface area contributed by atoms with Crippen molar-refractivity contribution in [3.63, 3.8) is 0 Å². The summed E-state index contributed by atoms with van der Waals surface area (Å²) in [6.45, 7) is 8.27. The molecule has 10 heteroatoms. The SMILES string of the molecule is C[C@H]1[C@H]([Si](C)(C)O)[C@@H](CCn2cc(CCO)nn2)O[C@H]1CCc1cccc(NC(=O)[C@H](C)O)c1. The molecule has 5 atom stereocenters. The summed E-state index contributed by atoms with van der Waals surface area (Å²) in [4.78, 5) is 22.8. The number of nitrogens with zero attached hydrogens (tertiary/aromatic N) is 3. The van der Waals surface area contributed by atoms with Gasteiger partial charge in [0.05, 0.1) is 17.9 Å². The zero-order chi connectivity index (χ0) is 24.9. The summed E-state index contributed by atoms with van der Waals surface area (Å²) >= 11 is 0. The number of rotatable bonds is 11. The van der Waals surface area contributed by atoms with E-state index in [2.05, 4.69) is 22.6 Å². The highest BCUT2D eigenvalue weighted by Crippen LogP contribution is 2.45. The number of anilines is 1. The van der Waals surface area contributed by atoms with Crippen molar-refractivity contribution >= 4 is 19.9 Å². The second-order valence-corrected chi connectivity index (χ2v) is 13.9. The molecule has 188 valence electrons. The smallest absolute Gasteiger partial charge is 0.252 e. The molecule has 0 unspecified atom stereocenters. The van der Waals surface area contributed by atoms with E-state index in [9.17, 15) is 14.7 Å². The molecule has 34 heavy (non-hydrogen) atoms. The van der Waals surface area contributed by atoms with E-state index in [1.54, 1.807) is 10.7 Å². The van der Waals surface area contributed by atoms with E-state index in [4.69, 9.17) is 9.84 Å². The van der Waals surface area contributed by atoms with Gasteiger partial charge < -0.3 is 25.1 Å². The Kier molecular flexibility index (Phi) is 8.99. The molecule has 1 saturated heterocycles. The lowest BCUT2D eigenvalue weighted by Gasteiger charge is -2.30. The molecular weight excluding hydrogens is 452 g/mol. The van der Waals surface area contributed by atoms with Gasteiger partial charge in [-0.3, -0.25) is 9.48 Å². The number of aliphatic hydroxyl groups excluding tert-OH is 2. The number of aryl methyl sites for hydroxylation is 2. The van der Waals surface area contributed by atoms with E-state index < -0.39 is 20.3 Å². The summed E-state index contributed by atoms with van der Waals surface area (Å²) in [5.41, 5.74) is 2.63.